The number of pyridine rings is 1. The molecule has 5 heteroatoms. The number of benzene rings is 9. The number of phenolic OH excluding ortho intramolecular Hbond substituents is 1. The summed E-state index contributed by atoms with van der Waals surface area (Å²) in [5.41, 5.74) is 16.5. The fourth-order valence-electron chi connectivity index (χ4n) is 9.31. The summed E-state index contributed by atoms with van der Waals surface area (Å²) in [5.74, 6) is 0.503. The molecule has 0 amide bonds. The molecule has 0 spiro atoms. The van der Waals surface area contributed by atoms with Crippen LogP contribution in [0.3, 0.4) is 0 Å². The summed E-state index contributed by atoms with van der Waals surface area (Å²) >= 11 is 0. The third kappa shape index (κ3) is 8.95. The molecule has 0 radical (unpaired) electrons. The monoisotopic (exact) mass is 1090 g/mol. The van der Waals surface area contributed by atoms with Crippen LogP contribution < -0.4 is 0 Å². The van der Waals surface area contributed by atoms with Crippen LogP contribution in [-0.4, -0.2) is 19.6 Å². The first kappa shape index (κ1) is 42.2. The van der Waals surface area contributed by atoms with Gasteiger partial charge in [0.05, 0.1) is 22.3 Å². The molecule has 11 aromatic rings. The first-order valence-corrected chi connectivity index (χ1v) is 23.3. The Hall–Kier alpha value is -7.91. The maximum absolute atomic E-state index is 11.7. The average molecular weight is 1090 g/mol. The number of para-hydroxylation sites is 2. The molecule has 0 saturated carbocycles. The van der Waals surface area contributed by atoms with Gasteiger partial charge in [-0.15, -0.1) is 23.8 Å². The van der Waals surface area contributed by atoms with E-state index in [2.05, 4.69) is 136 Å². The Morgan fingerprint density at radius 3 is 1.70 bits per heavy atom. The minimum absolute atomic E-state index is 0. The van der Waals surface area contributed by atoms with Gasteiger partial charge >= 0.3 is 0 Å². The van der Waals surface area contributed by atoms with Crippen molar-refractivity contribution in [1.82, 2.24) is 14.5 Å². The minimum atomic E-state index is -2.48. The van der Waals surface area contributed by atoms with E-state index in [0.717, 1.165) is 72.4 Å². The molecule has 11 rings (SSSR count). The van der Waals surface area contributed by atoms with Crippen LogP contribution in [0.5, 0.6) is 5.75 Å². The number of fused-ring (bicyclic) bond motifs is 1. The number of phenols is 1. The van der Waals surface area contributed by atoms with Gasteiger partial charge in [-0.25, -0.2) is 4.98 Å². The van der Waals surface area contributed by atoms with E-state index in [4.69, 9.17) is 14.1 Å². The van der Waals surface area contributed by atoms with Crippen molar-refractivity contribution in [2.24, 2.45) is 0 Å². The molecule has 0 aliphatic heterocycles. The number of aryl methyl sites for hydroxylation is 1. The average Bonchev–Trinajstić information content (AvgIpc) is 3.80. The molecule has 2 heterocycles. The molecular formula is C65H50N3OPt-. The van der Waals surface area contributed by atoms with Crippen LogP contribution in [-0.2, 0) is 26.5 Å². The Labute approximate surface area is 429 Å². The first-order chi connectivity index (χ1) is 34.9. The second-order valence-corrected chi connectivity index (χ2v) is 18.5. The zero-order valence-electron chi connectivity index (χ0n) is 42.0. The maximum Gasteiger partial charge on any atom is 0.148 e. The largest absolute Gasteiger partial charge is 0.507 e. The first-order valence-electron chi connectivity index (χ1n) is 24.8. The van der Waals surface area contributed by atoms with Crippen molar-refractivity contribution in [1.29, 1.82) is 0 Å². The number of nitrogens with zero attached hydrogens (tertiary/aromatic N) is 3. The molecule has 0 saturated heterocycles. The van der Waals surface area contributed by atoms with Gasteiger partial charge in [0.15, 0.2) is 0 Å². The van der Waals surface area contributed by atoms with E-state index in [0.29, 0.717) is 28.2 Å². The summed E-state index contributed by atoms with van der Waals surface area (Å²) in [6, 6.07) is 76.7. The molecule has 342 valence electrons. The van der Waals surface area contributed by atoms with Crippen molar-refractivity contribution >= 4 is 11.0 Å². The topological polar surface area (TPSA) is 50.9 Å². The van der Waals surface area contributed by atoms with E-state index in [1.807, 2.05) is 102 Å². The van der Waals surface area contributed by atoms with Gasteiger partial charge in [0.1, 0.15) is 11.6 Å². The Kier molecular flexibility index (Phi) is 11.6. The van der Waals surface area contributed by atoms with Gasteiger partial charge in [-0.3, -0.25) is 9.55 Å². The zero-order valence-corrected chi connectivity index (χ0v) is 41.2. The number of aromatic hydroxyl groups is 1. The fraction of sp³-hybridized carbons (Fsp3) is 0.0769. The van der Waals surface area contributed by atoms with Crippen molar-refractivity contribution in [3.05, 3.63) is 242 Å². The molecule has 4 nitrogen and oxygen atoms in total. The van der Waals surface area contributed by atoms with Gasteiger partial charge in [0.25, 0.3) is 0 Å². The van der Waals surface area contributed by atoms with E-state index in [-0.39, 0.29) is 37.8 Å². The minimum Gasteiger partial charge on any atom is -0.507 e. The maximum atomic E-state index is 11.7. The third-order valence-corrected chi connectivity index (χ3v) is 13.0. The molecule has 1 N–H and O–H groups in total. The fourth-order valence-corrected chi connectivity index (χ4v) is 9.31. The van der Waals surface area contributed by atoms with Gasteiger partial charge in [0, 0.05) is 42.6 Å². The molecular weight excluding hydrogens is 1030 g/mol. The van der Waals surface area contributed by atoms with Crippen molar-refractivity contribution in [2.45, 2.75) is 33.0 Å². The summed E-state index contributed by atoms with van der Waals surface area (Å²) in [7, 11) is 0. The summed E-state index contributed by atoms with van der Waals surface area (Å²) in [4.78, 5) is 10.4. The van der Waals surface area contributed by atoms with Crippen LogP contribution in [0.15, 0.2) is 225 Å². The third-order valence-electron chi connectivity index (χ3n) is 13.0. The number of rotatable bonds is 9. The van der Waals surface area contributed by atoms with Crippen molar-refractivity contribution < 1.29 is 30.3 Å². The zero-order chi connectivity index (χ0) is 49.6. The number of hydrogen-bond donors (Lipinski definition) is 1. The molecule has 0 fully saturated rings. The predicted octanol–water partition coefficient (Wildman–Crippen LogP) is 16.9. The van der Waals surface area contributed by atoms with Gasteiger partial charge in [-0.05, 0) is 104 Å². The summed E-state index contributed by atoms with van der Waals surface area (Å²) in [6.07, 6.45) is 1.85. The number of imidazole rings is 1. The van der Waals surface area contributed by atoms with Crippen molar-refractivity contribution in [3.63, 3.8) is 0 Å². The Morgan fingerprint density at radius 2 is 1.04 bits per heavy atom. The smallest absolute Gasteiger partial charge is 0.148 e. The van der Waals surface area contributed by atoms with Crippen LogP contribution in [0, 0.1) is 12.9 Å². The van der Waals surface area contributed by atoms with Gasteiger partial charge in [0.2, 0.25) is 0 Å². The molecule has 2 aromatic heterocycles. The molecule has 0 bridgehead atoms. The molecule has 0 aliphatic rings. The molecule has 70 heavy (non-hydrogen) atoms. The summed E-state index contributed by atoms with van der Waals surface area (Å²) in [5, 5.41) is 11.7. The molecule has 0 aliphatic carbocycles. The predicted molar refractivity (Wildman–Crippen MR) is 286 cm³/mol. The Bertz CT molecular complexity index is 3750. The van der Waals surface area contributed by atoms with E-state index in [1.54, 1.807) is 18.2 Å². The van der Waals surface area contributed by atoms with Gasteiger partial charge in [-0.1, -0.05) is 207 Å². The van der Waals surface area contributed by atoms with Crippen molar-refractivity contribution in [2.75, 3.05) is 0 Å². The van der Waals surface area contributed by atoms with Gasteiger partial charge in [-0.2, -0.15) is 0 Å². The summed E-state index contributed by atoms with van der Waals surface area (Å²) in [6.45, 7) is 4.09. The number of aromatic nitrogens is 3. The van der Waals surface area contributed by atoms with E-state index in [1.165, 1.54) is 11.1 Å². The van der Waals surface area contributed by atoms with E-state index < -0.39 is 6.85 Å². The van der Waals surface area contributed by atoms with Crippen molar-refractivity contribution in [3.8, 4) is 101 Å². The van der Waals surface area contributed by atoms with Crippen LogP contribution in [0.2, 0.25) is 0 Å². The van der Waals surface area contributed by atoms with E-state index in [9.17, 15) is 5.11 Å². The Morgan fingerprint density at radius 1 is 0.486 bits per heavy atom. The Balaban J connectivity index is 0.00000611. The summed E-state index contributed by atoms with van der Waals surface area (Å²) < 4.78 is 28.9. The molecule has 0 atom stereocenters. The number of hydrogen-bond acceptors (Lipinski definition) is 3. The van der Waals surface area contributed by atoms with Crippen LogP contribution in [0.1, 0.15) is 36.0 Å². The van der Waals surface area contributed by atoms with Crippen LogP contribution in [0.4, 0.5) is 0 Å². The quantitative estimate of drug-likeness (QED) is 0.147. The normalized spacial score (nSPS) is 12.2. The molecule has 0 unspecified atom stereocenters. The second-order valence-electron chi connectivity index (χ2n) is 18.5. The SMILES string of the molecule is [2H]C([2H])([2H])c1cc(-n2c(-c3ccccc3O)nc3c(-c4[c-]c(-c5cc(-c6ccc(-c7ccccc7)cc6)ccn5)cc(-c5ccccc5)c4)cccc32)c(-c2ccc(C(C)(C)C)cc2)cc1-c1ccccc1.[Pt]. The van der Waals surface area contributed by atoms with Crippen LogP contribution >= 0.6 is 0 Å². The van der Waals surface area contributed by atoms with E-state index >= 15 is 0 Å². The second kappa shape index (κ2) is 19.2. The van der Waals surface area contributed by atoms with Gasteiger partial charge < -0.3 is 5.11 Å². The molecule has 9 aromatic carbocycles. The standard InChI is InChI=1S/C65H50N3O.Pt/c1-43-37-61(58(42-57(43)48-21-12-7-13-22-48)49-31-33-54(34-32-49)65(2,3)4)68-60-25-16-24-55(63(60)67-64(68)56-23-14-15-26-62(56)69)52-38-51(45-19-10-6-11-20-45)39-53(40-52)59-41-50(35-36-66-59)47-29-27-46(28-30-47)44-17-8-5-9-18-44;/h5-39,41-42,69H,1-4H3;/q-1;/i1D3;. The van der Waals surface area contributed by atoms with Crippen LogP contribution in [0.25, 0.3) is 106 Å².